The molecule has 0 saturated heterocycles. The van der Waals surface area contributed by atoms with E-state index < -0.39 is 11.9 Å². The summed E-state index contributed by atoms with van der Waals surface area (Å²) in [7, 11) is 0. The zero-order chi connectivity index (χ0) is 14.5. The van der Waals surface area contributed by atoms with Gasteiger partial charge in [-0.1, -0.05) is 6.42 Å². The van der Waals surface area contributed by atoms with Crippen LogP contribution in [0.5, 0.6) is 0 Å². The Hall–Kier alpha value is -0.910. The number of aliphatic carboxylic acids is 1. The Kier molecular flexibility index (Phi) is 5.57. The number of urea groups is 1. The van der Waals surface area contributed by atoms with Crippen molar-refractivity contribution in [3.63, 3.8) is 0 Å². The van der Waals surface area contributed by atoms with Crippen LogP contribution in [0.15, 0.2) is 0 Å². The lowest BCUT2D eigenvalue weighted by molar-refractivity contribution is -0.142. The Bertz CT molecular complexity index is 356. The Morgan fingerprint density at radius 1 is 1.05 bits per heavy atom. The van der Waals surface area contributed by atoms with E-state index in [1.165, 1.54) is 0 Å². The van der Waals surface area contributed by atoms with E-state index in [4.69, 9.17) is 5.11 Å². The third kappa shape index (κ3) is 4.04. The number of amides is 2. The fourth-order valence-electron chi connectivity index (χ4n) is 3.27. The average molecular weight is 300 g/mol. The molecule has 3 N–H and O–H groups in total. The lowest BCUT2D eigenvalue weighted by Crippen LogP contribution is -2.49. The first kappa shape index (κ1) is 15.5. The lowest BCUT2D eigenvalue weighted by atomic mass is 9.95. The van der Waals surface area contributed by atoms with Crippen molar-refractivity contribution in [1.82, 2.24) is 10.6 Å². The summed E-state index contributed by atoms with van der Waals surface area (Å²) in [4.78, 5) is 23.0. The van der Waals surface area contributed by atoms with Gasteiger partial charge in [-0.3, -0.25) is 4.79 Å². The van der Waals surface area contributed by atoms with E-state index >= 15 is 0 Å². The minimum absolute atomic E-state index is 0.198. The summed E-state index contributed by atoms with van der Waals surface area (Å²) in [5, 5.41) is 15.7. The molecule has 0 heterocycles. The highest BCUT2D eigenvalue weighted by Gasteiger charge is 2.34. The largest absolute Gasteiger partial charge is 0.481 e. The van der Waals surface area contributed by atoms with Gasteiger partial charge in [-0.25, -0.2) is 4.79 Å². The third-order valence-corrected chi connectivity index (χ3v) is 5.63. The van der Waals surface area contributed by atoms with Gasteiger partial charge in [-0.15, -0.1) is 0 Å². The molecule has 0 aliphatic heterocycles. The van der Waals surface area contributed by atoms with E-state index in [9.17, 15) is 9.59 Å². The summed E-state index contributed by atoms with van der Waals surface area (Å²) in [6.07, 6.45) is 8.78. The number of carboxylic acid groups (broad SMARTS) is 1. The Balaban J connectivity index is 1.74. The number of hydrogen-bond donors (Lipinski definition) is 3. The molecule has 2 aliphatic carbocycles. The van der Waals surface area contributed by atoms with Gasteiger partial charge < -0.3 is 15.7 Å². The van der Waals surface area contributed by atoms with Gasteiger partial charge in [-0.2, -0.15) is 11.8 Å². The number of hydrogen-bond acceptors (Lipinski definition) is 3. The summed E-state index contributed by atoms with van der Waals surface area (Å²) < 4.78 is 0. The number of rotatable bonds is 4. The van der Waals surface area contributed by atoms with Crippen LogP contribution in [0.3, 0.4) is 0 Å². The van der Waals surface area contributed by atoms with Gasteiger partial charge in [0, 0.05) is 17.3 Å². The van der Waals surface area contributed by atoms with Crippen LogP contribution in [-0.2, 0) is 4.79 Å². The van der Waals surface area contributed by atoms with E-state index in [2.05, 4.69) is 16.9 Å². The van der Waals surface area contributed by atoms with Crippen LogP contribution in [0.2, 0.25) is 0 Å². The molecule has 6 heteroatoms. The normalized spacial score (nSPS) is 33.6. The van der Waals surface area contributed by atoms with Crippen molar-refractivity contribution in [3.05, 3.63) is 0 Å². The maximum absolute atomic E-state index is 12.0. The lowest BCUT2D eigenvalue weighted by Gasteiger charge is -2.29. The van der Waals surface area contributed by atoms with Gasteiger partial charge in [0.05, 0.1) is 5.92 Å². The molecule has 20 heavy (non-hydrogen) atoms. The number of carbonyl (C=O) groups is 2. The number of nitrogens with one attached hydrogen (secondary N) is 2. The molecule has 0 aromatic carbocycles. The predicted octanol–water partition coefficient (Wildman–Crippen LogP) is 2.21. The van der Waals surface area contributed by atoms with Gasteiger partial charge in [0.25, 0.3) is 0 Å². The first-order chi connectivity index (χ1) is 9.60. The van der Waals surface area contributed by atoms with Crippen LogP contribution in [0.4, 0.5) is 4.79 Å². The van der Waals surface area contributed by atoms with Crippen molar-refractivity contribution in [1.29, 1.82) is 0 Å². The Labute approximate surface area is 124 Å². The van der Waals surface area contributed by atoms with Crippen LogP contribution in [0.25, 0.3) is 0 Å². The van der Waals surface area contributed by atoms with E-state index in [1.807, 2.05) is 11.8 Å². The minimum atomic E-state index is -0.798. The zero-order valence-electron chi connectivity index (χ0n) is 11.9. The smallest absolute Gasteiger partial charge is 0.315 e. The SMILES string of the molecule is CSC1CCC(NC(=O)NC2CCCC2C(=O)O)CC1. The molecule has 2 fully saturated rings. The number of carbonyl (C=O) groups excluding carboxylic acids is 1. The fourth-order valence-corrected chi connectivity index (χ4v) is 4.01. The van der Waals surface area contributed by atoms with Crippen molar-refractivity contribution in [2.24, 2.45) is 5.92 Å². The van der Waals surface area contributed by atoms with Gasteiger partial charge in [0.15, 0.2) is 0 Å². The second kappa shape index (κ2) is 7.20. The molecule has 2 unspecified atom stereocenters. The average Bonchev–Trinajstić information content (AvgIpc) is 2.87. The van der Waals surface area contributed by atoms with E-state index in [0.29, 0.717) is 6.42 Å². The molecule has 5 nitrogen and oxygen atoms in total. The summed E-state index contributed by atoms with van der Waals surface area (Å²) in [6, 6.07) is -0.172. The molecule has 2 saturated carbocycles. The quantitative estimate of drug-likeness (QED) is 0.744. The molecule has 0 spiro atoms. The van der Waals surface area contributed by atoms with Crippen LogP contribution in [-0.4, -0.2) is 40.7 Å². The first-order valence-electron chi connectivity index (χ1n) is 7.42. The molecule has 0 radical (unpaired) electrons. The van der Waals surface area contributed by atoms with Crippen LogP contribution < -0.4 is 10.6 Å². The summed E-state index contributed by atoms with van der Waals surface area (Å²) >= 11 is 1.90. The van der Waals surface area contributed by atoms with Crippen molar-refractivity contribution in [2.45, 2.75) is 62.3 Å². The molecular weight excluding hydrogens is 276 g/mol. The minimum Gasteiger partial charge on any atom is -0.481 e. The summed E-state index contributed by atoms with van der Waals surface area (Å²) in [5.74, 6) is -1.22. The van der Waals surface area contributed by atoms with E-state index in [1.54, 1.807) is 0 Å². The topological polar surface area (TPSA) is 78.4 Å². The summed E-state index contributed by atoms with van der Waals surface area (Å²) in [6.45, 7) is 0. The number of thioether (sulfide) groups is 1. The maximum Gasteiger partial charge on any atom is 0.315 e. The highest BCUT2D eigenvalue weighted by molar-refractivity contribution is 7.99. The molecule has 0 aromatic heterocycles. The molecule has 114 valence electrons. The van der Waals surface area contributed by atoms with E-state index in [-0.39, 0.29) is 18.1 Å². The van der Waals surface area contributed by atoms with E-state index in [0.717, 1.165) is 43.8 Å². The number of carboxylic acids is 1. The second-order valence-electron chi connectivity index (χ2n) is 5.81. The fraction of sp³-hybridized carbons (Fsp3) is 0.857. The van der Waals surface area contributed by atoms with Gasteiger partial charge in [0.1, 0.15) is 0 Å². The van der Waals surface area contributed by atoms with Gasteiger partial charge in [-0.05, 0) is 44.8 Å². The highest BCUT2D eigenvalue weighted by atomic mass is 32.2. The van der Waals surface area contributed by atoms with Gasteiger partial charge in [0.2, 0.25) is 0 Å². The standard InChI is InChI=1S/C14H24N2O3S/c1-20-10-7-5-9(6-8-10)15-14(19)16-12-4-2-3-11(12)13(17)18/h9-12H,2-8H2,1H3,(H,17,18)(H2,15,16,19). The molecule has 2 atom stereocenters. The van der Waals surface area contributed by atoms with Crippen molar-refractivity contribution < 1.29 is 14.7 Å². The molecule has 0 bridgehead atoms. The zero-order valence-corrected chi connectivity index (χ0v) is 12.7. The molecular formula is C14H24N2O3S. The van der Waals surface area contributed by atoms with Crippen molar-refractivity contribution in [2.75, 3.05) is 6.26 Å². The van der Waals surface area contributed by atoms with Gasteiger partial charge >= 0.3 is 12.0 Å². The predicted molar refractivity (Wildman–Crippen MR) is 80.0 cm³/mol. The molecule has 2 amide bonds. The molecule has 0 aromatic rings. The van der Waals surface area contributed by atoms with Crippen LogP contribution in [0, 0.1) is 5.92 Å². The molecule has 2 aliphatic rings. The Morgan fingerprint density at radius 3 is 2.35 bits per heavy atom. The Morgan fingerprint density at radius 2 is 1.75 bits per heavy atom. The first-order valence-corrected chi connectivity index (χ1v) is 8.71. The monoisotopic (exact) mass is 300 g/mol. The summed E-state index contributed by atoms with van der Waals surface area (Å²) in [5.41, 5.74) is 0. The van der Waals surface area contributed by atoms with Crippen molar-refractivity contribution in [3.8, 4) is 0 Å². The maximum atomic E-state index is 12.0. The molecule has 2 rings (SSSR count). The van der Waals surface area contributed by atoms with Crippen LogP contribution >= 0.6 is 11.8 Å². The van der Waals surface area contributed by atoms with Crippen molar-refractivity contribution >= 4 is 23.8 Å². The highest BCUT2D eigenvalue weighted by Crippen LogP contribution is 2.27. The van der Waals surface area contributed by atoms with Crippen LogP contribution in [0.1, 0.15) is 44.9 Å². The second-order valence-corrected chi connectivity index (χ2v) is 6.95. The third-order valence-electron chi connectivity index (χ3n) is 4.49.